The fourth-order valence-corrected chi connectivity index (χ4v) is 3.49. The molecule has 0 amide bonds. The lowest BCUT2D eigenvalue weighted by molar-refractivity contribution is -0.135. The zero-order chi connectivity index (χ0) is 13.9. The number of carboxylic acids is 1. The first kappa shape index (κ1) is 13.3. The van der Waals surface area contributed by atoms with Crippen molar-refractivity contribution in [3.05, 3.63) is 17.6 Å². The Morgan fingerprint density at radius 3 is 2.70 bits per heavy atom. The summed E-state index contributed by atoms with van der Waals surface area (Å²) in [6.45, 7) is 0.0497. The first-order valence-corrected chi connectivity index (χ1v) is 7.57. The maximum Gasteiger partial charge on any atom is 0.323 e. The molecule has 0 saturated heterocycles. The van der Waals surface area contributed by atoms with E-state index < -0.39 is 5.97 Å². The van der Waals surface area contributed by atoms with Crippen LogP contribution in [-0.4, -0.2) is 33.6 Å². The Hall–Kier alpha value is -1.65. The molecule has 1 saturated carbocycles. The van der Waals surface area contributed by atoms with Crippen LogP contribution in [0, 0.1) is 0 Å². The van der Waals surface area contributed by atoms with E-state index in [9.17, 15) is 9.90 Å². The van der Waals surface area contributed by atoms with Gasteiger partial charge in [0, 0.05) is 17.3 Å². The van der Waals surface area contributed by atoms with Gasteiger partial charge in [0.15, 0.2) is 0 Å². The number of rotatable bonds is 4. The van der Waals surface area contributed by atoms with Gasteiger partial charge in [-0.3, -0.25) is 4.79 Å². The van der Waals surface area contributed by atoms with Gasteiger partial charge in [-0.25, -0.2) is 9.97 Å². The van der Waals surface area contributed by atoms with Crippen molar-refractivity contribution in [3.8, 4) is 0 Å². The van der Waals surface area contributed by atoms with Crippen LogP contribution in [0.4, 0.5) is 5.82 Å². The number of hydrogen-bond acceptors (Lipinski definition) is 4. The van der Waals surface area contributed by atoms with E-state index >= 15 is 0 Å². The van der Waals surface area contributed by atoms with Crippen LogP contribution in [0.2, 0.25) is 0 Å². The summed E-state index contributed by atoms with van der Waals surface area (Å²) in [6.07, 6.45) is 10.4. The zero-order valence-corrected chi connectivity index (χ0v) is 11.7. The zero-order valence-electron chi connectivity index (χ0n) is 11.7. The van der Waals surface area contributed by atoms with Gasteiger partial charge in [-0.1, -0.05) is 12.8 Å². The summed E-state index contributed by atoms with van der Waals surface area (Å²) in [6, 6.07) is 0.326. The number of carboxylic acid groups (broad SMARTS) is 1. The van der Waals surface area contributed by atoms with Crippen molar-refractivity contribution in [2.24, 2.45) is 0 Å². The quantitative estimate of drug-likeness (QED) is 0.912. The highest BCUT2D eigenvalue weighted by molar-refractivity contribution is 5.74. The van der Waals surface area contributed by atoms with Gasteiger partial charge in [-0.05, 0) is 38.5 Å². The second-order valence-corrected chi connectivity index (χ2v) is 5.79. The summed E-state index contributed by atoms with van der Waals surface area (Å²) >= 11 is 0. The Morgan fingerprint density at radius 2 is 1.95 bits per heavy atom. The highest BCUT2D eigenvalue weighted by Crippen LogP contribution is 2.32. The molecule has 108 valence electrons. The molecule has 0 aliphatic heterocycles. The molecule has 5 nitrogen and oxygen atoms in total. The van der Waals surface area contributed by atoms with E-state index in [1.54, 1.807) is 6.33 Å². The standard InChI is InChI=1S/C15H21N3O2/c19-14(20)9-18(11-5-1-2-6-11)15-12-7-3-4-8-13(12)16-10-17-15/h10-11H,1-9H2,(H,19,20). The second kappa shape index (κ2) is 5.77. The summed E-state index contributed by atoms with van der Waals surface area (Å²) < 4.78 is 0. The lowest BCUT2D eigenvalue weighted by Crippen LogP contribution is -2.39. The molecule has 1 fully saturated rings. The molecule has 1 heterocycles. The van der Waals surface area contributed by atoms with E-state index in [1.165, 1.54) is 24.8 Å². The van der Waals surface area contributed by atoms with E-state index in [2.05, 4.69) is 9.97 Å². The number of fused-ring (bicyclic) bond motifs is 1. The van der Waals surface area contributed by atoms with Gasteiger partial charge in [0.2, 0.25) is 0 Å². The smallest absolute Gasteiger partial charge is 0.323 e. The highest BCUT2D eigenvalue weighted by atomic mass is 16.4. The van der Waals surface area contributed by atoms with E-state index in [-0.39, 0.29) is 6.54 Å². The van der Waals surface area contributed by atoms with Crippen LogP contribution in [0.25, 0.3) is 0 Å². The van der Waals surface area contributed by atoms with Crippen molar-refractivity contribution in [3.63, 3.8) is 0 Å². The Labute approximate surface area is 119 Å². The Morgan fingerprint density at radius 1 is 1.20 bits per heavy atom. The molecule has 3 rings (SSSR count). The largest absolute Gasteiger partial charge is 0.480 e. The minimum absolute atomic E-state index is 0.0497. The SMILES string of the molecule is O=C(O)CN(c1ncnc2c1CCCC2)C1CCCC1. The van der Waals surface area contributed by atoms with Crippen molar-refractivity contribution < 1.29 is 9.90 Å². The number of anilines is 1. The van der Waals surface area contributed by atoms with Crippen LogP contribution in [-0.2, 0) is 17.6 Å². The summed E-state index contributed by atoms with van der Waals surface area (Å²) in [7, 11) is 0. The molecule has 0 radical (unpaired) electrons. The maximum absolute atomic E-state index is 11.2. The van der Waals surface area contributed by atoms with Crippen molar-refractivity contribution in [1.29, 1.82) is 0 Å². The second-order valence-electron chi connectivity index (χ2n) is 5.79. The number of aromatic nitrogens is 2. The third-order valence-corrected chi connectivity index (χ3v) is 4.45. The molecule has 0 aromatic carbocycles. The Bertz CT molecular complexity index is 498. The molecule has 0 spiro atoms. The van der Waals surface area contributed by atoms with Crippen LogP contribution in [0.3, 0.4) is 0 Å². The first-order chi connectivity index (χ1) is 9.75. The van der Waals surface area contributed by atoms with Crippen LogP contribution in [0.5, 0.6) is 0 Å². The minimum atomic E-state index is -0.778. The van der Waals surface area contributed by atoms with Gasteiger partial charge in [-0.15, -0.1) is 0 Å². The third kappa shape index (κ3) is 2.62. The van der Waals surface area contributed by atoms with E-state index in [4.69, 9.17) is 0 Å². The summed E-state index contributed by atoms with van der Waals surface area (Å²) in [4.78, 5) is 22.1. The lowest BCUT2D eigenvalue weighted by Gasteiger charge is -2.31. The molecule has 20 heavy (non-hydrogen) atoms. The molecule has 2 aliphatic rings. The molecule has 0 unspecified atom stereocenters. The molecule has 5 heteroatoms. The normalized spacial score (nSPS) is 18.8. The van der Waals surface area contributed by atoms with E-state index in [0.717, 1.165) is 43.6 Å². The van der Waals surface area contributed by atoms with Crippen molar-refractivity contribution in [2.45, 2.75) is 57.4 Å². The molecule has 0 bridgehead atoms. The maximum atomic E-state index is 11.2. The van der Waals surface area contributed by atoms with Crippen LogP contribution >= 0.6 is 0 Å². The van der Waals surface area contributed by atoms with Crippen LogP contribution in [0.15, 0.2) is 6.33 Å². The Balaban J connectivity index is 1.95. The molecule has 1 aromatic heterocycles. The monoisotopic (exact) mass is 275 g/mol. The molecule has 2 aliphatic carbocycles. The molecule has 1 aromatic rings. The highest BCUT2D eigenvalue weighted by Gasteiger charge is 2.28. The third-order valence-electron chi connectivity index (χ3n) is 4.45. The molecule has 1 N–H and O–H groups in total. The van der Waals surface area contributed by atoms with Gasteiger partial charge in [-0.2, -0.15) is 0 Å². The lowest BCUT2D eigenvalue weighted by atomic mass is 9.96. The van der Waals surface area contributed by atoms with Crippen molar-refractivity contribution >= 4 is 11.8 Å². The van der Waals surface area contributed by atoms with Gasteiger partial charge in [0.1, 0.15) is 18.7 Å². The topological polar surface area (TPSA) is 66.3 Å². The fourth-order valence-electron chi connectivity index (χ4n) is 3.49. The van der Waals surface area contributed by atoms with E-state index in [0.29, 0.717) is 6.04 Å². The molecule has 0 atom stereocenters. The number of aryl methyl sites for hydroxylation is 1. The summed E-state index contributed by atoms with van der Waals surface area (Å²) in [5.74, 6) is 0.101. The van der Waals surface area contributed by atoms with Crippen LogP contribution < -0.4 is 4.90 Å². The predicted octanol–water partition coefficient (Wildman–Crippen LogP) is 2.19. The van der Waals surface area contributed by atoms with Gasteiger partial charge in [0.25, 0.3) is 0 Å². The summed E-state index contributed by atoms with van der Waals surface area (Å²) in [5, 5.41) is 9.22. The Kier molecular flexibility index (Phi) is 3.85. The molecular weight excluding hydrogens is 254 g/mol. The van der Waals surface area contributed by atoms with E-state index in [1.807, 2.05) is 4.90 Å². The van der Waals surface area contributed by atoms with Gasteiger partial charge in [0.05, 0.1) is 0 Å². The van der Waals surface area contributed by atoms with Crippen LogP contribution in [0.1, 0.15) is 49.8 Å². The van der Waals surface area contributed by atoms with Crippen molar-refractivity contribution in [2.75, 3.05) is 11.4 Å². The van der Waals surface area contributed by atoms with Gasteiger partial charge >= 0.3 is 5.97 Å². The average Bonchev–Trinajstić information content (AvgIpc) is 2.98. The number of hydrogen-bond donors (Lipinski definition) is 1. The first-order valence-electron chi connectivity index (χ1n) is 7.57. The number of aliphatic carboxylic acids is 1. The molecular formula is C15H21N3O2. The average molecular weight is 275 g/mol. The fraction of sp³-hybridized carbons (Fsp3) is 0.667. The summed E-state index contributed by atoms with van der Waals surface area (Å²) in [5.41, 5.74) is 2.31. The number of nitrogens with zero attached hydrogens (tertiary/aromatic N) is 3. The minimum Gasteiger partial charge on any atom is -0.480 e. The van der Waals surface area contributed by atoms with Gasteiger partial charge < -0.3 is 10.0 Å². The predicted molar refractivity (Wildman–Crippen MR) is 75.9 cm³/mol. The van der Waals surface area contributed by atoms with Crippen molar-refractivity contribution in [1.82, 2.24) is 9.97 Å². The number of carbonyl (C=O) groups is 1.